The Kier molecular flexibility index (Phi) is 6.83. The molecule has 0 radical (unpaired) electrons. The van der Waals surface area contributed by atoms with Crippen molar-refractivity contribution in [1.82, 2.24) is 9.62 Å². The summed E-state index contributed by atoms with van der Waals surface area (Å²) in [5.74, 6) is 0.815. The molecule has 1 aromatic rings. The zero-order valence-corrected chi connectivity index (χ0v) is 14.3. The molecule has 7 heteroatoms. The third-order valence-electron chi connectivity index (χ3n) is 2.97. The fourth-order valence-corrected chi connectivity index (χ4v) is 1.97. The van der Waals surface area contributed by atoms with Gasteiger partial charge in [-0.1, -0.05) is 26.0 Å². The van der Waals surface area contributed by atoms with Crippen molar-refractivity contribution >= 4 is 15.9 Å². The van der Waals surface area contributed by atoms with E-state index in [9.17, 15) is 13.2 Å². The molecule has 0 aliphatic heterocycles. The molecule has 0 aliphatic carbocycles. The van der Waals surface area contributed by atoms with Crippen LogP contribution >= 0.6 is 0 Å². The van der Waals surface area contributed by atoms with Crippen LogP contribution in [-0.4, -0.2) is 45.1 Å². The summed E-state index contributed by atoms with van der Waals surface area (Å²) in [5.41, 5.74) is 0.851. The Morgan fingerprint density at radius 2 is 1.86 bits per heavy atom. The van der Waals surface area contributed by atoms with Crippen LogP contribution in [0.5, 0.6) is 5.75 Å². The number of carbonyl (C=O) groups is 1. The fraction of sp³-hybridized carbons (Fsp3) is 0.533. The van der Waals surface area contributed by atoms with E-state index in [0.29, 0.717) is 24.8 Å². The van der Waals surface area contributed by atoms with Crippen LogP contribution in [0.25, 0.3) is 0 Å². The molecule has 0 aliphatic rings. The van der Waals surface area contributed by atoms with Gasteiger partial charge in [-0.2, -0.15) is 0 Å². The second-order valence-electron chi connectivity index (χ2n) is 5.65. The molecule has 22 heavy (non-hydrogen) atoms. The van der Waals surface area contributed by atoms with Crippen LogP contribution in [0, 0.1) is 5.92 Å². The monoisotopic (exact) mass is 328 g/mol. The maximum Gasteiger partial charge on any atom is 0.257 e. The van der Waals surface area contributed by atoms with Gasteiger partial charge in [0.15, 0.2) is 6.61 Å². The molecule has 0 spiro atoms. The lowest BCUT2D eigenvalue weighted by molar-refractivity contribution is -0.123. The molecular formula is C15H24N2O4S. The van der Waals surface area contributed by atoms with E-state index in [4.69, 9.17) is 4.74 Å². The van der Waals surface area contributed by atoms with Gasteiger partial charge in [0, 0.05) is 20.1 Å². The maximum absolute atomic E-state index is 11.5. The van der Waals surface area contributed by atoms with Crippen molar-refractivity contribution in [3.05, 3.63) is 29.8 Å². The molecule has 0 aromatic heterocycles. The Balaban J connectivity index is 2.47. The van der Waals surface area contributed by atoms with Crippen molar-refractivity contribution in [2.24, 2.45) is 5.92 Å². The highest BCUT2D eigenvalue weighted by Crippen LogP contribution is 2.14. The zero-order chi connectivity index (χ0) is 16.8. The predicted octanol–water partition coefficient (Wildman–Crippen LogP) is 1.23. The lowest BCUT2D eigenvalue weighted by atomic mass is 10.2. The first-order valence-electron chi connectivity index (χ1n) is 7.08. The van der Waals surface area contributed by atoms with Gasteiger partial charge >= 0.3 is 0 Å². The number of sulfonamides is 1. The average molecular weight is 328 g/mol. The minimum Gasteiger partial charge on any atom is -0.484 e. The Labute approximate surface area is 132 Å². The summed E-state index contributed by atoms with van der Waals surface area (Å²) in [7, 11) is -1.67. The molecule has 1 rings (SSSR count). The quantitative estimate of drug-likeness (QED) is 0.779. The Bertz CT molecular complexity index is 582. The summed E-state index contributed by atoms with van der Waals surface area (Å²) in [6, 6.07) is 7.01. The highest BCUT2D eigenvalue weighted by atomic mass is 32.2. The number of ether oxygens (including phenoxy) is 1. The zero-order valence-electron chi connectivity index (χ0n) is 13.5. The second-order valence-corrected chi connectivity index (χ2v) is 7.74. The van der Waals surface area contributed by atoms with Gasteiger partial charge in [-0.05, 0) is 23.6 Å². The van der Waals surface area contributed by atoms with Gasteiger partial charge in [0.2, 0.25) is 10.0 Å². The van der Waals surface area contributed by atoms with Crippen LogP contribution in [0.3, 0.4) is 0 Å². The number of benzene rings is 1. The van der Waals surface area contributed by atoms with E-state index in [1.807, 2.05) is 13.8 Å². The molecule has 0 heterocycles. The highest BCUT2D eigenvalue weighted by Gasteiger charge is 2.11. The molecule has 1 aromatic carbocycles. The van der Waals surface area contributed by atoms with E-state index in [2.05, 4.69) is 5.32 Å². The number of nitrogens with one attached hydrogen (secondary N) is 1. The summed E-state index contributed by atoms with van der Waals surface area (Å²) in [6.45, 7) is 4.93. The van der Waals surface area contributed by atoms with E-state index in [1.54, 1.807) is 24.3 Å². The average Bonchev–Trinajstić information content (AvgIpc) is 2.43. The molecule has 0 saturated carbocycles. The van der Waals surface area contributed by atoms with Gasteiger partial charge in [-0.25, -0.2) is 12.7 Å². The van der Waals surface area contributed by atoms with Crippen molar-refractivity contribution in [3.8, 4) is 5.75 Å². The summed E-state index contributed by atoms with van der Waals surface area (Å²) < 4.78 is 29.3. The molecule has 0 saturated heterocycles. The number of hydrogen-bond acceptors (Lipinski definition) is 4. The molecule has 0 fully saturated rings. The first kappa shape index (κ1) is 18.4. The van der Waals surface area contributed by atoms with E-state index in [1.165, 1.54) is 17.6 Å². The van der Waals surface area contributed by atoms with E-state index in [-0.39, 0.29) is 12.5 Å². The molecule has 0 unspecified atom stereocenters. The molecular weight excluding hydrogens is 304 g/mol. The summed E-state index contributed by atoms with van der Waals surface area (Å²) in [4.78, 5) is 11.5. The van der Waals surface area contributed by atoms with Crippen molar-refractivity contribution < 1.29 is 17.9 Å². The van der Waals surface area contributed by atoms with Gasteiger partial charge < -0.3 is 10.1 Å². The number of hydrogen-bond donors (Lipinski definition) is 1. The first-order chi connectivity index (χ1) is 10.2. The third kappa shape index (κ3) is 6.91. The van der Waals surface area contributed by atoms with Crippen LogP contribution in [0.4, 0.5) is 0 Å². The van der Waals surface area contributed by atoms with E-state index in [0.717, 1.165) is 5.56 Å². The molecule has 124 valence electrons. The lowest BCUT2D eigenvalue weighted by Crippen LogP contribution is -2.31. The van der Waals surface area contributed by atoms with Crippen molar-refractivity contribution in [2.75, 3.05) is 26.5 Å². The number of nitrogens with zero attached hydrogens (tertiary/aromatic N) is 1. The smallest absolute Gasteiger partial charge is 0.257 e. The standard InChI is InChI=1S/C15H24N2O4S/c1-12(2)9-16-15(18)11-21-14-7-5-13(6-8-14)10-17(3)22(4,19)20/h5-8,12H,9-11H2,1-4H3,(H,16,18). The van der Waals surface area contributed by atoms with E-state index < -0.39 is 10.0 Å². The molecule has 1 N–H and O–H groups in total. The first-order valence-corrected chi connectivity index (χ1v) is 8.93. The maximum atomic E-state index is 11.5. The van der Waals surface area contributed by atoms with Crippen LogP contribution in [0.2, 0.25) is 0 Å². The minimum atomic E-state index is -3.20. The third-order valence-corrected chi connectivity index (χ3v) is 4.23. The largest absolute Gasteiger partial charge is 0.484 e. The number of carbonyl (C=O) groups excluding carboxylic acids is 1. The van der Waals surface area contributed by atoms with Gasteiger partial charge in [-0.15, -0.1) is 0 Å². The van der Waals surface area contributed by atoms with Gasteiger partial charge in [0.05, 0.1) is 6.26 Å². The SMILES string of the molecule is CC(C)CNC(=O)COc1ccc(CN(C)S(C)(=O)=O)cc1. The predicted molar refractivity (Wildman–Crippen MR) is 86.1 cm³/mol. The van der Waals surface area contributed by atoms with Crippen LogP contribution in [0.1, 0.15) is 19.4 Å². The van der Waals surface area contributed by atoms with Crippen LogP contribution < -0.4 is 10.1 Å². The van der Waals surface area contributed by atoms with E-state index >= 15 is 0 Å². The lowest BCUT2D eigenvalue weighted by Gasteiger charge is -2.14. The van der Waals surface area contributed by atoms with Crippen LogP contribution in [-0.2, 0) is 21.4 Å². The Morgan fingerprint density at radius 1 is 1.27 bits per heavy atom. The molecule has 1 amide bonds. The van der Waals surface area contributed by atoms with Crippen molar-refractivity contribution in [3.63, 3.8) is 0 Å². The highest BCUT2D eigenvalue weighted by molar-refractivity contribution is 7.88. The summed E-state index contributed by atoms with van der Waals surface area (Å²) in [6.07, 6.45) is 1.17. The Morgan fingerprint density at radius 3 is 2.36 bits per heavy atom. The minimum absolute atomic E-state index is 0.0324. The van der Waals surface area contributed by atoms with Crippen molar-refractivity contribution in [1.29, 1.82) is 0 Å². The second kappa shape index (κ2) is 8.14. The molecule has 0 atom stereocenters. The van der Waals surface area contributed by atoms with Gasteiger partial charge in [0.1, 0.15) is 5.75 Å². The summed E-state index contributed by atoms with van der Waals surface area (Å²) >= 11 is 0. The molecule has 6 nitrogen and oxygen atoms in total. The molecule has 0 bridgehead atoms. The summed E-state index contributed by atoms with van der Waals surface area (Å²) in [5, 5.41) is 2.77. The van der Waals surface area contributed by atoms with Gasteiger partial charge in [0.25, 0.3) is 5.91 Å². The normalized spacial score (nSPS) is 11.7. The van der Waals surface area contributed by atoms with Crippen LogP contribution in [0.15, 0.2) is 24.3 Å². The Hall–Kier alpha value is -1.60. The number of amides is 1. The van der Waals surface area contributed by atoms with Gasteiger partial charge in [-0.3, -0.25) is 4.79 Å². The fourth-order valence-electron chi connectivity index (χ4n) is 1.58. The topological polar surface area (TPSA) is 75.7 Å². The van der Waals surface area contributed by atoms with Crippen molar-refractivity contribution in [2.45, 2.75) is 20.4 Å². The number of rotatable bonds is 8.